The molecule has 0 saturated heterocycles. The summed E-state index contributed by atoms with van der Waals surface area (Å²) < 4.78 is 21.9. The first-order chi connectivity index (χ1) is 17.9. The highest BCUT2D eigenvalue weighted by Crippen LogP contribution is 2.39. The van der Waals surface area contributed by atoms with Crippen LogP contribution in [0.5, 0.6) is 5.88 Å². The number of aliphatic hydroxyl groups is 2. The van der Waals surface area contributed by atoms with Gasteiger partial charge in [-0.1, -0.05) is 30.3 Å². The van der Waals surface area contributed by atoms with Crippen LogP contribution in [0.4, 0.5) is 10.2 Å². The third-order valence-electron chi connectivity index (χ3n) is 6.70. The molecule has 0 spiro atoms. The molecule has 1 fully saturated rings. The molecule has 3 aromatic rings. The number of hydrogen-bond acceptors (Lipinski definition) is 7. The normalized spacial score (nSPS) is 17.5. The van der Waals surface area contributed by atoms with Crippen molar-refractivity contribution in [3.63, 3.8) is 0 Å². The van der Waals surface area contributed by atoms with E-state index < -0.39 is 18.2 Å². The van der Waals surface area contributed by atoms with Gasteiger partial charge in [0.2, 0.25) is 18.2 Å². The molecule has 9 nitrogen and oxygen atoms in total. The highest BCUT2D eigenvalue weighted by atomic mass is 19.1. The van der Waals surface area contributed by atoms with Gasteiger partial charge in [0, 0.05) is 25.7 Å². The maximum atomic E-state index is 14.2. The number of halogens is 1. The Morgan fingerprint density at radius 2 is 1.89 bits per heavy atom. The lowest BCUT2D eigenvalue weighted by Gasteiger charge is -2.42. The van der Waals surface area contributed by atoms with E-state index >= 15 is 0 Å². The number of rotatable bonds is 10. The summed E-state index contributed by atoms with van der Waals surface area (Å²) in [5, 5.41) is 20.5. The molecule has 1 unspecified atom stereocenters. The zero-order valence-corrected chi connectivity index (χ0v) is 21.0. The largest absolute Gasteiger partial charge is 0.477 e. The first-order valence-electron chi connectivity index (χ1n) is 12.7. The molecule has 1 atom stereocenters. The maximum Gasteiger partial charge on any atom is 0.277 e. The minimum absolute atomic E-state index is 0.109. The van der Waals surface area contributed by atoms with Crippen LogP contribution in [0.2, 0.25) is 0 Å². The molecule has 37 heavy (non-hydrogen) atoms. The maximum absolute atomic E-state index is 14.2. The van der Waals surface area contributed by atoms with E-state index in [1.165, 1.54) is 11.0 Å². The van der Waals surface area contributed by atoms with Gasteiger partial charge in [0.25, 0.3) is 5.91 Å². The van der Waals surface area contributed by atoms with Crippen molar-refractivity contribution in [1.82, 2.24) is 19.4 Å². The number of fused-ring (bicyclic) bond motifs is 1. The van der Waals surface area contributed by atoms with E-state index in [9.17, 15) is 19.4 Å². The van der Waals surface area contributed by atoms with Crippen molar-refractivity contribution in [2.45, 2.75) is 52.0 Å². The highest BCUT2D eigenvalue weighted by molar-refractivity contribution is 6.00. The van der Waals surface area contributed by atoms with Gasteiger partial charge in [-0.05, 0) is 56.7 Å². The summed E-state index contributed by atoms with van der Waals surface area (Å²) in [5.41, 5.74) is 1.73. The molecule has 1 aliphatic heterocycles. The number of ether oxygens (including phenoxy) is 1. The summed E-state index contributed by atoms with van der Waals surface area (Å²) in [6.45, 7) is 4.65. The Hall–Kier alpha value is -3.50. The molecule has 3 heterocycles. The molecule has 0 bridgehead atoms. The Bertz CT molecular complexity index is 1260. The zero-order valence-electron chi connectivity index (χ0n) is 21.0. The number of carbonyl (C=O) groups excluding carboxylic acids is 1. The predicted molar refractivity (Wildman–Crippen MR) is 136 cm³/mol. The molecule has 1 aliphatic carbocycles. The average molecular weight is 510 g/mol. The number of aromatic nitrogens is 3. The van der Waals surface area contributed by atoms with Gasteiger partial charge >= 0.3 is 0 Å². The van der Waals surface area contributed by atoms with E-state index in [0.29, 0.717) is 48.4 Å². The van der Waals surface area contributed by atoms with Crippen LogP contribution in [0, 0.1) is 11.9 Å². The summed E-state index contributed by atoms with van der Waals surface area (Å²) in [5.74, 6) is 0.260. The number of pyridine rings is 1. The molecular formula is C27H32FN5O4. The lowest BCUT2D eigenvalue weighted by Crippen LogP contribution is -2.58. The van der Waals surface area contributed by atoms with Crippen molar-refractivity contribution in [1.29, 1.82) is 0 Å². The van der Waals surface area contributed by atoms with Crippen molar-refractivity contribution in [2.24, 2.45) is 5.92 Å². The van der Waals surface area contributed by atoms with E-state index in [1.807, 2.05) is 44.2 Å². The van der Waals surface area contributed by atoms with Gasteiger partial charge in [-0.15, -0.1) is 0 Å². The summed E-state index contributed by atoms with van der Waals surface area (Å²) >= 11 is 0. The van der Waals surface area contributed by atoms with E-state index in [-0.39, 0.29) is 25.1 Å². The minimum atomic E-state index is -1.24. The van der Waals surface area contributed by atoms with Gasteiger partial charge in [0.1, 0.15) is 5.82 Å². The van der Waals surface area contributed by atoms with E-state index in [1.54, 1.807) is 15.5 Å². The second-order valence-corrected chi connectivity index (χ2v) is 9.84. The Balaban J connectivity index is 1.68. The number of imidazole rings is 1. The van der Waals surface area contributed by atoms with Crippen LogP contribution in [0.3, 0.4) is 0 Å². The van der Waals surface area contributed by atoms with Crippen LogP contribution in [-0.2, 0) is 6.54 Å². The highest BCUT2D eigenvalue weighted by Gasteiger charge is 2.42. The van der Waals surface area contributed by atoms with Crippen LogP contribution in [-0.4, -0.2) is 67.7 Å². The first kappa shape index (κ1) is 25.2. The third kappa shape index (κ3) is 5.03. The molecule has 5 rings (SSSR count). The SMILES string of the molecule is CC(C)N1c2nc(-c3ccc(F)nc3OCC3CC3)n(Cc3ccccc3)c2C(=O)N(CCCO)C1O. The van der Waals surface area contributed by atoms with Gasteiger partial charge < -0.3 is 24.4 Å². The van der Waals surface area contributed by atoms with Crippen LogP contribution in [0.1, 0.15) is 49.2 Å². The Morgan fingerprint density at radius 3 is 2.57 bits per heavy atom. The number of nitrogens with zero attached hydrogens (tertiary/aromatic N) is 5. The molecule has 2 aliphatic rings. The molecule has 1 amide bonds. The van der Waals surface area contributed by atoms with Crippen LogP contribution in [0.25, 0.3) is 11.4 Å². The molecular weight excluding hydrogens is 477 g/mol. The van der Waals surface area contributed by atoms with E-state index in [4.69, 9.17) is 9.72 Å². The Labute approximate surface area is 215 Å². The van der Waals surface area contributed by atoms with Gasteiger partial charge in [-0.3, -0.25) is 9.69 Å². The quantitative estimate of drug-likeness (QED) is 0.405. The Kier molecular flexibility index (Phi) is 7.12. The summed E-state index contributed by atoms with van der Waals surface area (Å²) in [4.78, 5) is 25.7. The van der Waals surface area contributed by atoms with Crippen LogP contribution < -0.4 is 9.64 Å². The fourth-order valence-electron chi connectivity index (χ4n) is 4.61. The summed E-state index contributed by atoms with van der Waals surface area (Å²) in [6.07, 6.45) is 1.23. The monoisotopic (exact) mass is 509 g/mol. The van der Waals surface area contributed by atoms with Gasteiger partial charge in [0.05, 0.1) is 12.2 Å². The number of benzene rings is 1. The number of carbonyl (C=O) groups is 1. The molecule has 1 aromatic carbocycles. The third-order valence-corrected chi connectivity index (χ3v) is 6.70. The molecule has 2 N–H and O–H groups in total. The summed E-state index contributed by atoms with van der Waals surface area (Å²) in [7, 11) is 0. The van der Waals surface area contributed by atoms with E-state index in [2.05, 4.69) is 4.98 Å². The molecule has 2 aromatic heterocycles. The van der Waals surface area contributed by atoms with Gasteiger partial charge in [0.15, 0.2) is 11.5 Å². The predicted octanol–water partition coefficient (Wildman–Crippen LogP) is 3.25. The van der Waals surface area contributed by atoms with Gasteiger partial charge in [-0.25, -0.2) is 4.98 Å². The van der Waals surface area contributed by atoms with E-state index in [0.717, 1.165) is 18.4 Å². The summed E-state index contributed by atoms with van der Waals surface area (Å²) in [6, 6.07) is 12.3. The number of hydrogen-bond donors (Lipinski definition) is 2. The van der Waals surface area contributed by atoms with Gasteiger partial charge in [-0.2, -0.15) is 9.37 Å². The lowest BCUT2D eigenvalue weighted by atomic mass is 10.1. The fraction of sp³-hybridized carbons (Fsp3) is 0.444. The van der Waals surface area contributed by atoms with Crippen molar-refractivity contribution in [2.75, 3.05) is 24.7 Å². The number of anilines is 1. The second-order valence-electron chi connectivity index (χ2n) is 9.84. The van der Waals surface area contributed by atoms with Crippen LogP contribution in [0.15, 0.2) is 42.5 Å². The van der Waals surface area contributed by atoms with Crippen molar-refractivity contribution >= 4 is 11.7 Å². The Morgan fingerprint density at radius 1 is 1.14 bits per heavy atom. The molecule has 10 heteroatoms. The standard InChI is InChI=1S/C27H32FN5O4/c1-17(2)33-24-22(26(35)31(27(33)36)13-6-14-34)32(15-18-7-4-3-5-8-18)23(30-24)20-11-12-21(28)29-25(20)37-16-19-9-10-19/h3-5,7-8,11-12,17,19,27,34,36H,6,9-10,13-16H2,1-2H3. The number of amides is 1. The minimum Gasteiger partial charge on any atom is -0.477 e. The van der Waals surface area contributed by atoms with Crippen molar-refractivity contribution in [3.8, 4) is 17.3 Å². The average Bonchev–Trinajstić information content (AvgIpc) is 3.64. The van der Waals surface area contributed by atoms with Crippen LogP contribution >= 0.6 is 0 Å². The second kappa shape index (κ2) is 10.5. The molecule has 0 radical (unpaired) electrons. The smallest absolute Gasteiger partial charge is 0.277 e. The first-order valence-corrected chi connectivity index (χ1v) is 12.7. The molecule has 1 saturated carbocycles. The fourth-order valence-corrected chi connectivity index (χ4v) is 4.61. The topological polar surface area (TPSA) is 104 Å². The van der Waals surface area contributed by atoms with Crippen molar-refractivity contribution in [3.05, 3.63) is 59.7 Å². The molecule has 196 valence electrons. The zero-order chi connectivity index (χ0) is 26.1. The number of aliphatic hydroxyl groups excluding tert-OH is 2. The lowest BCUT2D eigenvalue weighted by molar-refractivity contribution is -0.00459. The van der Waals surface area contributed by atoms with Crippen molar-refractivity contribution < 1.29 is 24.1 Å².